The van der Waals surface area contributed by atoms with Crippen LogP contribution in [0.1, 0.15) is 74.3 Å². The van der Waals surface area contributed by atoms with E-state index in [0.717, 1.165) is 43.4 Å². The molecular weight excluding hydrogens is 386 g/mol. The van der Waals surface area contributed by atoms with Crippen LogP contribution in [0.3, 0.4) is 0 Å². The van der Waals surface area contributed by atoms with Gasteiger partial charge in [0.2, 0.25) is 5.91 Å². The molecule has 2 aliphatic rings. The Morgan fingerprint density at radius 2 is 1.90 bits per heavy atom. The average Bonchev–Trinajstić information content (AvgIpc) is 2.93. The zero-order chi connectivity index (χ0) is 20.2. The Bertz CT molecular complexity index is 912. The van der Waals surface area contributed by atoms with Gasteiger partial charge >= 0.3 is 0 Å². The van der Waals surface area contributed by atoms with Crippen LogP contribution < -0.4 is 15.6 Å². The number of aromatic nitrogens is 2. The molecule has 2 heterocycles. The first-order valence-corrected chi connectivity index (χ1v) is 11.7. The van der Waals surface area contributed by atoms with E-state index >= 15 is 0 Å². The van der Waals surface area contributed by atoms with Crippen LogP contribution in [0.4, 0.5) is 5.82 Å². The highest BCUT2D eigenvalue weighted by Crippen LogP contribution is 2.44. The Kier molecular flexibility index (Phi) is 6.33. The molecule has 156 valence electrons. The van der Waals surface area contributed by atoms with Crippen LogP contribution in [0, 0.1) is 0 Å². The Morgan fingerprint density at radius 1 is 1.14 bits per heavy atom. The summed E-state index contributed by atoms with van der Waals surface area (Å²) in [4.78, 5) is 25.6. The number of benzene rings is 1. The van der Waals surface area contributed by atoms with Crippen molar-refractivity contribution in [3.05, 3.63) is 45.7 Å². The van der Waals surface area contributed by atoms with E-state index in [4.69, 9.17) is 4.74 Å². The lowest BCUT2D eigenvalue weighted by molar-refractivity contribution is -0.113. The average molecular weight is 416 g/mol. The van der Waals surface area contributed by atoms with Crippen LogP contribution in [0.5, 0.6) is 5.75 Å². The van der Waals surface area contributed by atoms with E-state index in [0.29, 0.717) is 23.7 Å². The summed E-state index contributed by atoms with van der Waals surface area (Å²) in [7, 11) is 0. The predicted octanol–water partition coefficient (Wildman–Crippen LogP) is 4.64. The smallest absolute Gasteiger partial charge is 0.270 e. The molecule has 1 fully saturated rings. The summed E-state index contributed by atoms with van der Waals surface area (Å²) in [5.74, 6) is 1.68. The summed E-state index contributed by atoms with van der Waals surface area (Å²) in [5.41, 5.74) is 1.47. The molecule has 2 N–H and O–H groups in total. The molecule has 1 aromatic heterocycles. The third kappa shape index (κ3) is 4.25. The molecule has 1 amide bonds. The van der Waals surface area contributed by atoms with Crippen molar-refractivity contribution in [2.75, 3.05) is 17.7 Å². The predicted molar refractivity (Wildman–Crippen MR) is 117 cm³/mol. The number of amides is 1. The van der Waals surface area contributed by atoms with Gasteiger partial charge in [0.1, 0.15) is 11.6 Å². The maximum absolute atomic E-state index is 13.1. The van der Waals surface area contributed by atoms with Gasteiger partial charge in [-0.05, 0) is 25.3 Å². The second-order valence-corrected chi connectivity index (χ2v) is 8.94. The number of thioether (sulfide) groups is 1. The van der Waals surface area contributed by atoms with Gasteiger partial charge in [0.15, 0.2) is 0 Å². The van der Waals surface area contributed by atoms with E-state index in [1.807, 2.05) is 28.9 Å². The number of nitrogens with one attached hydrogen (secondary N) is 2. The number of anilines is 1. The molecule has 2 aromatic rings. The van der Waals surface area contributed by atoms with E-state index in [2.05, 4.69) is 17.3 Å². The fraction of sp³-hybridized carbons (Fsp3) is 0.545. The summed E-state index contributed by atoms with van der Waals surface area (Å²) in [6, 6.07) is 8.09. The minimum Gasteiger partial charge on any atom is -0.493 e. The van der Waals surface area contributed by atoms with Gasteiger partial charge in [-0.2, -0.15) is 0 Å². The van der Waals surface area contributed by atoms with Crippen molar-refractivity contribution in [2.45, 2.75) is 63.2 Å². The Labute approximate surface area is 175 Å². The Hall–Kier alpha value is -2.15. The van der Waals surface area contributed by atoms with Crippen LogP contribution >= 0.6 is 11.8 Å². The molecule has 1 saturated carbocycles. The Balaban J connectivity index is 1.78. The summed E-state index contributed by atoms with van der Waals surface area (Å²) < 4.78 is 7.90. The molecule has 29 heavy (non-hydrogen) atoms. The number of carbonyl (C=O) groups is 1. The molecule has 6 nitrogen and oxygen atoms in total. The molecule has 1 aliphatic heterocycles. The monoisotopic (exact) mass is 415 g/mol. The number of hydrogen-bond acceptors (Lipinski definition) is 4. The van der Waals surface area contributed by atoms with Gasteiger partial charge < -0.3 is 10.1 Å². The Morgan fingerprint density at radius 3 is 2.66 bits per heavy atom. The summed E-state index contributed by atoms with van der Waals surface area (Å²) in [5, 5.41) is 5.84. The topological polar surface area (TPSA) is 76.1 Å². The van der Waals surface area contributed by atoms with Crippen LogP contribution in [0.2, 0.25) is 0 Å². The van der Waals surface area contributed by atoms with Gasteiger partial charge in [-0.1, -0.05) is 50.8 Å². The van der Waals surface area contributed by atoms with E-state index in [-0.39, 0.29) is 22.8 Å². The van der Waals surface area contributed by atoms with Crippen molar-refractivity contribution in [1.82, 2.24) is 9.78 Å². The number of carbonyl (C=O) groups excluding carboxylic acids is 1. The fourth-order valence-electron chi connectivity index (χ4n) is 4.32. The number of aromatic amines is 1. The highest BCUT2D eigenvalue weighted by molar-refractivity contribution is 8.00. The molecule has 0 saturated heterocycles. The minimum absolute atomic E-state index is 0.0629. The molecule has 1 atom stereocenters. The number of rotatable bonds is 5. The van der Waals surface area contributed by atoms with Gasteiger partial charge in [-0.25, -0.2) is 0 Å². The van der Waals surface area contributed by atoms with Crippen molar-refractivity contribution in [1.29, 1.82) is 0 Å². The first kappa shape index (κ1) is 20.1. The maximum atomic E-state index is 13.1. The highest BCUT2D eigenvalue weighted by Gasteiger charge is 2.33. The molecule has 0 radical (unpaired) electrons. The van der Waals surface area contributed by atoms with E-state index in [1.54, 1.807) is 0 Å². The molecule has 7 heteroatoms. The molecule has 0 spiro atoms. The fourth-order valence-corrected chi connectivity index (χ4v) is 5.47. The first-order valence-electron chi connectivity index (χ1n) is 10.7. The molecule has 1 aliphatic carbocycles. The lowest BCUT2D eigenvalue weighted by Gasteiger charge is -2.20. The highest BCUT2D eigenvalue weighted by atomic mass is 32.2. The largest absolute Gasteiger partial charge is 0.493 e. The number of para-hydroxylation sites is 1. The zero-order valence-electron chi connectivity index (χ0n) is 16.9. The number of nitrogens with zero attached hydrogens (tertiary/aromatic N) is 1. The van der Waals surface area contributed by atoms with Crippen LogP contribution in [-0.2, 0) is 4.79 Å². The minimum atomic E-state index is -0.243. The maximum Gasteiger partial charge on any atom is 0.270 e. The second-order valence-electron chi connectivity index (χ2n) is 7.84. The number of ether oxygens (including phenoxy) is 1. The van der Waals surface area contributed by atoms with Crippen LogP contribution in [0.25, 0.3) is 0 Å². The number of fused-ring (bicyclic) bond motifs is 1. The quantitative estimate of drug-likeness (QED) is 0.698. The van der Waals surface area contributed by atoms with E-state index < -0.39 is 0 Å². The lowest BCUT2D eigenvalue weighted by atomic mass is 10.0. The van der Waals surface area contributed by atoms with Crippen molar-refractivity contribution in [3.63, 3.8) is 0 Å². The standard InChI is InChI=1S/C22H29N3O3S/c1-2-13-28-17-12-8-7-11-16(17)20-19-21(23-18(26)14-29-20)25(24-22(19)27)15-9-5-3-4-6-10-15/h7-8,11-12,15,20H,2-6,9-10,13-14H2,1H3,(H,23,26)(H,24,27). The summed E-state index contributed by atoms with van der Waals surface area (Å²) in [6.07, 6.45) is 7.74. The zero-order valence-corrected chi connectivity index (χ0v) is 17.7. The molecule has 0 bridgehead atoms. The number of H-pyrrole nitrogens is 1. The van der Waals surface area contributed by atoms with Gasteiger partial charge in [-0.3, -0.25) is 19.4 Å². The van der Waals surface area contributed by atoms with Gasteiger partial charge in [0.25, 0.3) is 5.56 Å². The molecule has 4 rings (SSSR count). The normalized spacial score (nSPS) is 20.4. The molecular formula is C22H29N3O3S. The van der Waals surface area contributed by atoms with Gasteiger partial charge in [0.05, 0.1) is 29.2 Å². The van der Waals surface area contributed by atoms with E-state index in [9.17, 15) is 9.59 Å². The SMILES string of the molecule is CCCOc1ccccc1C1SCC(=O)Nc2c1c(=O)[nH]n2C1CCCCCC1. The number of hydrogen-bond donors (Lipinski definition) is 2. The van der Waals surface area contributed by atoms with Crippen molar-refractivity contribution in [2.24, 2.45) is 0 Å². The summed E-state index contributed by atoms with van der Waals surface area (Å²) in [6.45, 7) is 2.69. The van der Waals surface area contributed by atoms with Gasteiger partial charge in [-0.15, -0.1) is 11.8 Å². The molecule has 1 unspecified atom stereocenters. The van der Waals surface area contributed by atoms with Crippen LogP contribution in [-0.4, -0.2) is 28.0 Å². The van der Waals surface area contributed by atoms with E-state index in [1.165, 1.54) is 24.6 Å². The first-order chi connectivity index (χ1) is 14.2. The summed E-state index contributed by atoms with van der Waals surface area (Å²) >= 11 is 1.49. The third-order valence-corrected chi connectivity index (χ3v) is 6.97. The third-order valence-electron chi connectivity index (χ3n) is 5.72. The van der Waals surface area contributed by atoms with Crippen molar-refractivity contribution >= 4 is 23.5 Å². The van der Waals surface area contributed by atoms with Crippen molar-refractivity contribution < 1.29 is 9.53 Å². The van der Waals surface area contributed by atoms with Crippen LogP contribution in [0.15, 0.2) is 29.1 Å². The lowest BCUT2D eigenvalue weighted by Crippen LogP contribution is -2.19. The molecule has 1 aromatic carbocycles. The van der Waals surface area contributed by atoms with Crippen molar-refractivity contribution in [3.8, 4) is 5.75 Å². The van der Waals surface area contributed by atoms with Gasteiger partial charge in [0, 0.05) is 5.56 Å². The second kappa shape index (κ2) is 9.11.